The standard InChI is InChI=1S/C44H31NO/c1-3-13-32(14-4-1)33-23-25-35(26-24-33)40-19-10-11-21-42(40)45(37-16-5-2-6-17-37)38-29-27-34(28-30-38)39-18-8-9-20-41(39)44-31-36-15-7-12-22-43(36)46-44/h1-31H. The van der Waals surface area contributed by atoms with Gasteiger partial charge in [0.15, 0.2) is 0 Å². The molecular weight excluding hydrogens is 558 g/mol. The highest BCUT2D eigenvalue weighted by Crippen LogP contribution is 2.42. The van der Waals surface area contributed by atoms with Gasteiger partial charge in [-0.3, -0.25) is 0 Å². The van der Waals surface area contributed by atoms with Gasteiger partial charge in [0.05, 0.1) is 5.69 Å². The normalized spacial score (nSPS) is 11.0. The van der Waals surface area contributed by atoms with Crippen molar-refractivity contribution < 1.29 is 4.42 Å². The quantitative estimate of drug-likeness (QED) is 0.184. The second kappa shape index (κ2) is 12.1. The molecule has 0 unspecified atom stereocenters. The Morgan fingerprint density at radius 2 is 0.848 bits per heavy atom. The fraction of sp³-hybridized carbons (Fsp3) is 0. The molecule has 0 aliphatic carbocycles. The second-order valence-corrected chi connectivity index (χ2v) is 11.4. The summed E-state index contributed by atoms with van der Waals surface area (Å²) in [5.74, 6) is 0.874. The Morgan fingerprint density at radius 3 is 1.59 bits per heavy atom. The molecule has 0 aliphatic heterocycles. The number of rotatable bonds is 7. The van der Waals surface area contributed by atoms with Crippen LogP contribution in [0, 0.1) is 0 Å². The van der Waals surface area contributed by atoms with Crippen LogP contribution in [0.2, 0.25) is 0 Å². The molecule has 1 aromatic heterocycles. The lowest BCUT2D eigenvalue weighted by Crippen LogP contribution is -2.11. The maximum atomic E-state index is 6.27. The van der Waals surface area contributed by atoms with E-state index >= 15 is 0 Å². The van der Waals surface area contributed by atoms with Crippen LogP contribution in [0.3, 0.4) is 0 Å². The Labute approximate surface area is 269 Å². The second-order valence-electron chi connectivity index (χ2n) is 11.4. The number of furan rings is 1. The molecule has 46 heavy (non-hydrogen) atoms. The van der Waals surface area contributed by atoms with Crippen LogP contribution in [-0.4, -0.2) is 0 Å². The van der Waals surface area contributed by atoms with E-state index in [1.165, 1.54) is 22.3 Å². The van der Waals surface area contributed by atoms with E-state index in [4.69, 9.17) is 4.42 Å². The van der Waals surface area contributed by atoms with Crippen LogP contribution >= 0.6 is 0 Å². The highest BCUT2D eigenvalue weighted by atomic mass is 16.3. The minimum absolute atomic E-state index is 0.874. The summed E-state index contributed by atoms with van der Waals surface area (Å²) >= 11 is 0. The SMILES string of the molecule is c1ccc(-c2ccc(-c3ccccc3N(c3ccccc3)c3ccc(-c4ccccc4-c4cc5ccccc5o4)cc3)cc2)cc1. The molecule has 0 saturated heterocycles. The molecule has 0 aliphatic rings. The van der Waals surface area contributed by atoms with E-state index in [0.29, 0.717) is 0 Å². The van der Waals surface area contributed by atoms with Crippen LogP contribution in [0.5, 0.6) is 0 Å². The third-order valence-corrected chi connectivity index (χ3v) is 8.52. The lowest BCUT2D eigenvalue weighted by molar-refractivity contribution is 0.632. The van der Waals surface area contributed by atoms with Crippen LogP contribution in [0.15, 0.2) is 192 Å². The minimum Gasteiger partial charge on any atom is -0.456 e. The van der Waals surface area contributed by atoms with E-state index in [9.17, 15) is 0 Å². The van der Waals surface area contributed by atoms with Crippen molar-refractivity contribution in [1.82, 2.24) is 0 Å². The highest BCUT2D eigenvalue weighted by molar-refractivity contribution is 5.91. The molecule has 2 heteroatoms. The van der Waals surface area contributed by atoms with E-state index in [0.717, 1.165) is 50.5 Å². The summed E-state index contributed by atoms with van der Waals surface area (Å²) in [7, 11) is 0. The number of hydrogen-bond donors (Lipinski definition) is 0. The summed E-state index contributed by atoms with van der Waals surface area (Å²) in [5.41, 5.74) is 12.3. The van der Waals surface area contributed by atoms with Crippen molar-refractivity contribution in [3.05, 3.63) is 188 Å². The average molecular weight is 590 g/mol. The topological polar surface area (TPSA) is 16.4 Å². The number of benzene rings is 7. The van der Waals surface area contributed by atoms with Gasteiger partial charge in [-0.15, -0.1) is 0 Å². The van der Waals surface area contributed by atoms with Crippen molar-refractivity contribution in [2.75, 3.05) is 4.90 Å². The third-order valence-electron chi connectivity index (χ3n) is 8.52. The van der Waals surface area contributed by atoms with Gasteiger partial charge in [0.1, 0.15) is 11.3 Å². The van der Waals surface area contributed by atoms with Crippen molar-refractivity contribution >= 4 is 28.0 Å². The summed E-state index contributed by atoms with van der Waals surface area (Å²) in [5, 5.41) is 1.11. The van der Waals surface area contributed by atoms with Crippen molar-refractivity contribution in [1.29, 1.82) is 0 Å². The number of nitrogens with zero attached hydrogens (tertiary/aromatic N) is 1. The van der Waals surface area contributed by atoms with Gasteiger partial charge < -0.3 is 9.32 Å². The molecular formula is C44H31NO. The lowest BCUT2D eigenvalue weighted by Gasteiger charge is -2.28. The van der Waals surface area contributed by atoms with E-state index < -0.39 is 0 Å². The van der Waals surface area contributed by atoms with Gasteiger partial charge >= 0.3 is 0 Å². The summed E-state index contributed by atoms with van der Waals surface area (Å²) in [6.07, 6.45) is 0. The smallest absolute Gasteiger partial charge is 0.136 e. The highest BCUT2D eigenvalue weighted by Gasteiger charge is 2.18. The molecule has 2 nitrogen and oxygen atoms in total. The summed E-state index contributed by atoms with van der Waals surface area (Å²) < 4.78 is 6.27. The minimum atomic E-state index is 0.874. The molecule has 0 spiro atoms. The Hall–Kier alpha value is -6.12. The average Bonchev–Trinajstić information content (AvgIpc) is 3.58. The Balaban J connectivity index is 1.19. The molecule has 0 radical (unpaired) electrons. The molecule has 218 valence electrons. The summed E-state index contributed by atoms with van der Waals surface area (Å²) in [6.45, 7) is 0. The largest absolute Gasteiger partial charge is 0.456 e. The molecule has 1 heterocycles. The molecule has 7 aromatic carbocycles. The van der Waals surface area contributed by atoms with Crippen molar-refractivity contribution in [3.8, 4) is 44.7 Å². The zero-order chi connectivity index (χ0) is 30.7. The van der Waals surface area contributed by atoms with Gasteiger partial charge in [0.2, 0.25) is 0 Å². The molecule has 0 bridgehead atoms. The molecule has 8 aromatic rings. The summed E-state index contributed by atoms with van der Waals surface area (Å²) in [4.78, 5) is 2.34. The van der Waals surface area contributed by atoms with Crippen LogP contribution in [0.4, 0.5) is 17.1 Å². The van der Waals surface area contributed by atoms with E-state index in [2.05, 4.69) is 175 Å². The Bertz CT molecular complexity index is 2200. The third kappa shape index (κ3) is 5.27. The molecule has 8 rings (SSSR count). The maximum Gasteiger partial charge on any atom is 0.136 e. The first-order valence-corrected chi connectivity index (χ1v) is 15.6. The first-order chi connectivity index (χ1) is 22.8. The van der Waals surface area contributed by atoms with E-state index in [1.807, 2.05) is 18.2 Å². The van der Waals surface area contributed by atoms with Gasteiger partial charge in [0, 0.05) is 27.9 Å². The van der Waals surface area contributed by atoms with Crippen molar-refractivity contribution in [2.24, 2.45) is 0 Å². The predicted molar refractivity (Wildman–Crippen MR) is 193 cm³/mol. The molecule has 0 atom stereocenters. The van der Waals surface area contributed by atoms with Gasteiger partial charge in [-0.1, -0.05) is 146 Å². The maximum absolute atomic E-state index is 6.27. The van der Waals surface area contributed by atoms with Gasteiger partial charge in [-0.25, -0.2) is 0 Å². The van der Waals surface area contributed by atoms with Gasteiger partial charge in [0.25, 0.3) is 0 Å². The monoisotopic (exact) mass is 589 g/mol. The fourth-order valence-electron chi connectivity index (χ4n) is 6.24. The van der Waals surface area contributed by atoms with E-state index in [1.54, 1.807) is 0 Å². The zero-order valence-electron chi connectivity index (χ0n) is 25.3. The fourth-order valence-corrected chi connectivity index (χ4v) is 6.24. The Morgan fingerprint density at radius 1 is 0.348 bits per heavy atom. The lowest BCUT2D eigenvalue weighted by atomic mass is 9.97. The molecule has 0 fully saturated rings. The van der Waals surface area contributed by atoms with Crippen LogP contribution in [0.1, 0.15) is 0 Å². The number of hydrogen-bond acceptors (Lipinski definition) is 2. The molecule has 0 N–H and O–H groups in total. The van der Waals surface area contributed by atoms with Crippen LogP contribution in [-0.2, 0) is 0 Å². The molecule has 0 amide bonds. The first kappa shape index (κ1) is 27.4. The predicted octanol–water partition coefficient (Wildman–Crippen LogP) is 12.6. The summed E-state index contributed by atoms with van der Waals surface area (Å²) in [6, 6.07) is 66.2. The number of anilines is 3. The number of para-hydroxylation sites is 3. The first-order valence-electron chi connectivity index (χ1n) is 15.6. The van der Waals surface area contributed by atoms with Crippen molar-refractivity contribution in [2.45, 2.75) is 0 Å². The number of fused-ring (bicyclic) bond motifs is 1. The van der Waals surface area contributed by atoms with Gasteiger partial charge in [-0.2, -0.15) is 0 Å². The molecule has 0 saturated carbocycles. The zero-order valence-corrected chi connectivity index (χ0v) is 25.3. The Kier molecular flexibility index (Phi) is 7.22. The van der Waals surface area contributed by atoms with Crippen LogP contribution in [0.25, 0.3) is 55.7 Å². The van der Waals surface area contributed by atoms with Crippen molar-refractivity contribution in [3.63, 3.8) is 0 Å². The van der Waals surface area contributed by atoms with Gasteiger partial charge in [-0.05, 0) is 70.3 Å². The van der Waals surface area contributed by atoms with Crippen LogP contribution < -0.4 is 4.90 Å². The van der Waals surface area contributed by atoms with E-state index in [-0.39, 0.29) is 0 Å².